The molecule has 48 heavy (non-hydrogen) atoms. The van der Waals surface area contributed by atoms with Gasteiger partial charge in [0.25, 0.3) is 0 Å². The molecule has 0 aliphatic carbocycles. The van der Waals surface area contributed by atoms with E-state index in [-0.39, 0.29) is 0 Å². The van der Waals surface area contributed by atoms with Crippen LogP contribution in [0.3, 0.4) is 0 Å². The van der Waals surface area contributed by atoms with Crippen LogP contribution in [0.25, 0.3) is 98.4 Å². The minimum atomic E-state index is 1.24. The minimum Gasteiger partial charge on any atom is -0.0616 e. The van der Waals surface area contributed by atoms with Gasteiger partial charge in [0.1, 0.15) is 0 Å². The highest BCUT2D eigenvalue weighted by Crippen LogP contribution is 2.43. The summed E-state index contributed by atoms with van der Waals surface area (Å²) in [5, 5.41) is 12.9. The van der Waals surface area contributed by atoms with Crippen LogP contribution in [-0.2, 0) is 0 Å². The number of hydrogen-bond donors (Lipinski definition) is 0. The monoisotopic (exact) mass is 606 g/mol. The Kier molecular flexibility index (Phi) is 5.98. The Morgan fingerprint density at radius 3 is 1.02 bits per heavy atom. The Hall–Kier alpha value is -6.24. The zero-order chi connectivity index (χ0) is 31.6. The fourth-order valence-electron chi connectivity index (χ4n) is 7.97. The highest BCUT2D eigenvalue weighted by Gasteiger charge is 2.16. The van der Waals surface area contributed by atoms with Crippen LogP contribution in [-0.4, -0.2) is 0 Å². The molecule has 10 aromatic carbocycles. The minimum absolute atomic E-state index is 1.24. The lowest BCUT2D eigenvalue weighted by atomic mass is 9.86. The fourth-order valence-corrected chi connectivity index (χ4v) is 7.97. The molecule has 0 heterocycles. The van der Waals surface area contributed by atoms with Crippen molar-refractivity contribution < 1.29 is 0 Å². The summed E-state index contributed by atoms with van der Waals surface area (Å²) < 4.78 is 0. The molecular formula is C48H30. The molecule has 0 saturated heterocycles. The van der Waals surface area contributed by atoms with E-state index < -0.39 is 0 Å². The second-order valence-electron chi connectivity index (χ2n) is 12.9. The number of fused-ring (bicyclic) bond motifs is 2. The first-order valence-electron chi connectivity index (χ1n) is 16.7. The van der Waals surface area contributed by atoms with E-state index in [1.165, 1.54) is 98.4 Å². The third kappa shape index (κ3) is 4.16. The van der Waals surface area contributed by atoms with Gasteiger partial charge in [-0.25, -0.2) is 0 Å². The van der Waals surface area contributed by atoms with Crippen molar-refractivity contribution in [2.24, 2.45) is 0 Å². The highest BCUT2D eigenvalue weighted by atomic mass is 14.2. The molecule has 0 aromatic heterocycles. The SMILES string of the molecule is c1cc(-c2cccc3ccccc23)cc(-c2ccc3ccc4c(-c5cccc(-c6cccc7ccccc67)c5)ccc5ccc2c3c54)c1. The Morgan fingerprint density at radius 1 is 0.208 bits per heavy atom. The average molecular weight is 607 g/mol. The van der Waals surface area contributed by atoms with Gasteiger partial charge in [-0.05, 0) is 111 Å². The molecule has 0 spiro atoms. The van der Waals surface area contributed by atoms with Crippen LogP contribution in [0, 0.1) is 0 Å². The largest absolute Gasteiger partial charge is 0.0616 e. The topological polar surface area (TPSA) is 0 Å². The van der Waals surface area contributed by atoms with Gasteiger partial charge in [0.05, 0.1) is 0 Å². The molecule has 0 unspecified atom stereocenters. The lowest BCUT2D eigenvalue weighted by Crippen LogP contribution is -1.90. The summed E-state index contributed by atoms with van der Waals surface area (Å²) in [6.45, 7) is 0. The summed E-state index contributed by atoms with van der Waals surface area (Å²) in [5.74, 6) is 0. The molecule has 0 fully saturated rings. The number of rotatable bonds is 4. The van der Waals surface area contributed by atoms with E-state index in [0.717, 1.165) is 0 Å². The van der Waals surface area contributed by atoms with Gasteiger partial charge in [-0.15, -0.1) is 0 Å². The first kappa shape index (κ1) is 26.9. The predicted octanol–water partition coefficient (Wildman–Crippen LogP) is 13.6. The Labute approximate surface area is 279 Å². The van der Waals surface area contributed by atoms with Gasteiger partial charge in [-0.1, -0.05) is 170 Å². The van der Waals surface area contributed by atoms with Gasteiger partial charge in [-0.2, -0.15) is 0 Å². The Bertz CT molecular complexity index is 2630. The van der Waals surface area contributed by atoms with Crippen LogP contribution < -0.4 is 0 Å². The second-order valence-corrected chi connectivity index (χ2v) is 12.9. The van der Waals surface area contributed by atoms with Crippen molar-refractivity contribution in [2.75, 3.05) is 0 Å². The van der Waals surface area contributed by atoms with Crippen LogP contribution in [0.15, 0.2) is 182 Å². The van der Waals surface area contributed by atoms with Gasteiger partial charge in [-0.3, -0.25) is 0 Å². The summed E-state index contributed by atoms with van der Waals surface area (Å²) in [4.78, 5) is 0. The summed E-state index contributed by atoms with van der Waals surface area (Å²) in [7, 11) is 0. The Morgan fingerprint density at radius 2 is 0.562 bits per heavy atom. The first-order chi connectivity index (χ1) is 23.8. The van der Waals surface area contributed by atoms with Crippen molar-refractivity contribution in [3.05, 3.63) is 182 Å². The molecular weight excluding hydrogens is 577 g/mol. The standard InChI is InChI=1S/C48H30/c1-3-17-39-31(9-1)11-7-19-41(39)35-13-5-15-37(29-35)43-25-21-33-24-28-46-44(26-22-34-23-27-45(43)47(33)48(34)46)38-16-6-14-36(30-38)42-20-8-12-32-10-2-4-18-40(32)42/h1-30H. The Balaban J connectivity index is 1.15. The molecule has 222 valence electrons. The molecule has 0 radical (unpaired) electrons. The van der Waals surface area contributed by atoms with Crippen molar-refractivity contribution >= 4 is 53.9 Å². The van der Waals surface area contributed by atoms with Gasteiger partial charge in [0.2, 0.25) is 0 Å². The maximum absolute atomic E-state index is 2.36. The highest BCUT2D eigenvalue weighted by molar-refractivity contribution is 6.27. The lowest BCUT2D eigenvalue weighted by Gasteiger charge is -2.17. The van der Waals surface area contributed by atoms with Crippen molar-refractivity contribution in [1.29, 1.82) is 0 Å². The van der Waals surface area contributed by atoms with E-state index in [1.54, 1.807) is 0 Å². The molecule has 0 heteroatoms. The maximum atomic E-state index is 2.36. The molecule has 0 aliphatic heterocycles. The molecule has 0 N–H and O–H groups in total. The summed E-state index contributed by atoms with van der Waals surface area (Å²) >= 11 is 0. The van der Waals surface area contributed by atoms with Crippen molar-refractivity contribution in [3.8, 4) is 44.5 Å². The van der Waals surface area contributed by atoms with Gasteiger partial charge in [0, 0.05) is 0 Å². The van der Waals surface area contributed by atoms with Gasteiger partial charge >= 0.3 is 0 Å². The molecule has 0 aliphatic rings. The maximum Gasteiger partial charge on any atom is -0.00203 e. The van der Waals surface area contributed by atoms with E-state index in [2.05, 4.69) is 182 Å². The molecule has 0 nitrogen and oxygen atoms in total. The van der Waals surface area contributed by atoms with Crippen LogP contribution >= 0.6 is 0 Å². The second kappa shape index (κ2) is 10.7. The van der Waals surface area contributed by atoms with Crippen LogP contribution in [0.1, 0.15) is 0 Å². The average Bonchev–Trinajstić information content (AvgIpc) is 3.16. The zero-order valence-electron chi connectivity index (χ0n) is 26.3. The molecule has 10 rings (SSSR count). The molecule has 0 atom stereocenters. The van der Waals surface area contributed by atoms with E-state index in [9.17, 15) is 0 Å². The van der Waals surface area contributed by atoms with Crippen molar-refractivity contribution in [2.45, 2.75) is 0 Å². The van der Waals surface area contributed by atoms with E-state index in [4.69, 9.17) is 0 Å². The first-order valence-corrected chi connectivity index (χ1v) is 16.7. The number of benzene rings is 10. The summed E-state index contributed by atoms with van der Waals surface area (Å²) in [6.07, 6.45) is 0. The fraction of sp³-hybridized carbons (Fsp3) is 0. The normalized spacial score (nSPS) is 11.8. The van der Waals surface area contributed by atoms with Gasteiger partial charge in [0.15, 0.2) is 0 Å². The molecule has 0 amide bonds. The van der Waals surface area contributed by atoms with Crippen LogP contribution in [0.4, 0.5) is 0 Å². The summed E-state index contributed by atoms with van der Waals surface area (Å²) in [5.41, 5.74) is 10.0. The molecule has 10 aromatic rings. The van der Waals surface area contributed by atoms with Crippen molar-refractivity contribution in [3.63, 3.8) is 0 Å². The third-order valence-electron chi connectivity index (χ3n) is 10.2. The van der Waals surface area contributed by atoms with Gasteiger partial charge < -0.3 is 0 Å². The third-order valence-corrected chi connectivity index (χ3v) is 10.2. The smallest absolute Gasteiger partial charge is 0.00203 e. The van der Waals surface area contributed by atoms with Crippen molar-refractivity contribution in [1.82, 2.24) is 0 Å². The number of hydrogen-bond acceptors (Lipinski definition) is 0. The lowest BCUT2D eigenvalue weighted by molar-refractivity contribution is 1.62. The predicted molar refractivity (Wildman–Crippen MR) is 207 cm³/mol. The molecule has 0 bridgehead atoms. The van der Waals surface area contributed by atoms with E-state index in [0.29, 0.717) is 0 Å². The summed E-state index contributed by atoms with van der Waals surface area (Å²) in [6, 6.07) is 67.1. The zero-order valence-corrected chi connectivity index (χ0v) is 26.3. The van der Waals surface area contributed by atoms with Crippen LogP contribution in [0.5, 0.6) is 0 Å². The van der Waals surface area contributed by atoms with E-state index >= 15 is 0 Å². The van der Waals surface area contributed by atoms with E-state index in [1.807, 2.05) is 0 Å². The molecule has 0 saturated carbocycles. The quantitative estimate of drug-likeness (QED) is 0.175. The van der Waals surface area contributed by atoms with Crippen LogP contribution in [0.2, 0.25) is 0 Å².